The lowest BCUT2D eigenvalue weighted by Gasteiger charge is -2.18. The van der Waals surface area contributed by atoms with Gasteiger partial charge in [0.1, 0.15) is 0 Å². The molecule has 0 atom stereocenters. The lowest BCUT2D eigenvalue weighted by Crippen LogP contribution is -2.32. The summed E-state index contributed by atoms with van der Waals surface area (Å²) in [4.78, 5) is 26.6. The summed E-state index contributed by atoms with van der Waals surface area (Å²) >= 11 is 7.29. The number of aryl methyl sites for hydroxylation is 1. The largest absolute Gasteiger partial charge is 0.280 e. The topological polar surface area (TPSA) is 108 Å². The van der Waals surface area contributed by atoms with Crippen molar-refractivity contribution in [2.24, 2.45) is 5.10 Å². The van der Waals surface area contributed by atoms with Crippen molar-refractivity contribution in [3.05, 3.63) is 88.9 Å². The van der Waals surface area contributed by atoms with Crippen molar-refractivity contribution in [3.8, 4) is 0 Å². The molecule has 2 amide bonds. The number of benzene rings is 3. The highest BCUT2D eigenvalue weighted by Crippen LogP contribution is 2.31. The molecule has 0 bridgehead atoms. The van der Waals surface area contributed by atoms with E-state index in [0.717, 1.165) is 5.56 Å². The SMILES string of the molecule is Cc1ccc(Cl)cc1N1C(=O)CS/C1=N\NC(=O)c1ccc(NS(=O)(=O)c2ccccc2)cc1. The molecule has 2 N–H and O–H groups in total. The number of amides is 2. The Morgan fingerprint density at radius 3 is 2.47 bits per heavy atom. The third-order valence-electron chi connectivity index (χ3n) is 4.88. The highest BCUT2D eigenvalue weighted by atomic mass is 35.5. The maximum atomic E-state index is 12.6. The van der Waals surface area contributed by atoms with Crippen molar-refractivity contribution < 1.29 is 18.0 Å². The second-order valence-corrected chi connectivity index (χ2v) is 10.3. The standard InChI is InChI=1S/C23H19ClN4O4S2/c1-15-7-10-17(24)13-20(15)28-21(29)14-33-23(28)26-25-22(30)16-8-11-18(12-9-16)27-34(31,32)19-5-3-2-4-6-19/h2-13,27H,14H2,1H3,(H,25,30)/b26-23-. The van der Waals surface area contributed by atoms with Gasteiger partial charge in [-0.25, -0.2) is 13.8 Å². The summed E-state index contributed by atoms with van der Waals surface area (Å²) in [6.45, 7) is 1.85. The molecule has 174 valence electrons. The lowest BCUT2D eigenvalue weighted by molar-refractivity contribution is -0.115. The normalized spacial score (nSPS) is 14.9. The number of amidine groups is 1. The van der Waals surface area contributed by atoms with E-state index >= 15 is 0 Å². The maximum absolute atomic E-state index is 12.6. The third kappa shape index (κ3) is 5.24. The van der Waals surface area contributed by atoms with Crippen LogP contribution in [0.3, 0.4) is 0 Å². The molecule has 0 unspecified atom stereocenters. The minimum atomic E-state index is -3.73. The van der Waals surface area contributed by atoms with Crippen LogP contribution in [0.15, 0.2) is 82.8 Å². The molecule has 1 aliphatic rings. The predicted octanol–water partition coefficient (Wildman–Crippen LogP) is 4.23. The number of halogens is 1. The Labute approximate surface area is 206 Å². The van der Waals surface area contributed by atoms with Gasteiger partial charge in [-0.2, -0.15) is 0 Å². The van der Waals surface area contributed by atoms with Crippen molar-refractivity contribution in [1.82, 2.24) is 5.43 Å². The summed E-state index contributed by atoms with van der Waals surface area (Å²) in [6.07, 6.45) is 0. The van der Waals surface area contributed by atoms with E-state index in [4.69, 9.17) is 11.6 Å². The number of anilines is 2. The van der Waals surface area contributed by atoms with Crippen LogP contribution in [0.4, 0.5) is 11.4 Å². The van der Waals surface area contributed by atoms with Crippen molar-refractivity contribution >= 4 is 61.7 Å². The third-order valence-corrected chi connectivity index (χ3v) is 7.44. The monoisotopic (exact) mass is 514 g/mol. The minimum Gasteiger partial charge on any atom is -0.280 e. The van der Waals surface area contributed by atoms with E-state index in [9.17, 15) is 18.0 Å². The first kappa shape index (κ1) is 23.8. The Morgan fingerprint density at radius 2 is 1.76 bits per heavy atom. The second-order valence-electron chi connectivity index (χ2n) is 7.28. The number of nitrogens with one attached hydrogen (secondary N) is 2. The van der Waals surface area contributed by atoms with Crippen LogP contribution in [-0.2, 0) is 14.8 Å². The Bertz CT molecular complexity index is 1380. The van der Waals surface area contributed by atoms with Gasteiger partial charge in [0.2, 0.25) is 5.91 Å². The molecule has 11 heteroatoms. The molecule has 0 spiro atoms. The average molecular weight is 515 g/mol. The zero-order chi connectivity index (χ0) is 24.3. The van der Waals surface area contributed by atoms with Crippen molar-refractivity contribution in [1.29, 1.82) is 0 Å². The molecule has 0 radical (unpaired) electrons. The van der Waals surface area contributed by atoms with E-state index < -0.39 is 15.9 Å². The van der Waals surface area contributed by atoms with Crippen molar-refractivity contribution in [2.45, 2.75) is 11.8 Å². The highest BCUT2D eigenvalue weighted by molar-refractivity contribution is 8.15. The number of sulfonamides is 1. The Balaban J connectivity index is 1.46. The molecule has 1 aliphatic heterocycles. The number of carbonyl (C=O) groups excluding carboxylic acids is 2. The fourth-order valence-corrected chi connectivity index (χ4v) is 5.24. The van der Waals surface area contributed by atoms with Gasteiger partial charge in [0.15, 0.2) is 5.17 Å². The van der Waals surface area contributed by atoms with Crippen LogP contribution >= 0.6 is 23.4 Å². The second kappa shape index (κ2) is 9.88. The molecular weight excluding hydrogens is 496 g/mol. The van der Waals surface area contributed by atoms with E-state index in [1.54, 1.807) is 36.4 Å². The van der Waals surface area contributed by atoms with Crippen LogP contribution in [0.1, 0.15) is 15.9 Å². The van der Waals surface area contributed by atoms with Gasteiger partial charge in [0.05, 0.1) is 16.3 Å². The summed E-state index contributed by atoms with van der Waals surface area (Å²) in [5, 5.41) is 4.94. The van der Waals surface area contributed by atoms with E-state index in [0.29, 0.717) is 21.6 Å². The summed E-state index contributed by atoms with van der Waals surface area (Å²) in [5.41, 5.74) is 4.48. The van der Waals surface area contributed by atoms with Crippen molar-refractivity contribution in [2.75, 3.05) is 15.4 Å². The van der Waals surface area contributed by atoms with Crippen LogP contribution in [0, 0.1) is 6.92 Å². The molecule has 1 heterocycles. The fraction of sp³-hybridized carbons (Fsp3) is 0.0870. The van der Waals surface area contributed by atoms with Gasteiger partial charge < -0.3 is 0 Å². The van der Waals surface area contributed by atoms with Crippen LogP contribution in [0.2, 0.25) is 5.02 Å². The zero-order valence-electron chi connectivity index (χ0n) is 17.9. The van der Waals surface area contributed by atoms with Gasteiger partial charge in [-0.05, 0) is 61.0 Å². The smallest absolute Gasteiger partial charge is 0.271 e. The van der Waals surface area contributed by atoms with Gasteiger partial charge >= 0.3 is 0 Å². The van der Waals surface area contributed by atoms with Crippen LogP contribution in [0.25, 0.3) is 0 Å². The number of carbonyl (C=O) groups is 2. The first-order valence-electron chi connectivity index (χ1n) is 10.0. The zero-order valence-corrected chi connectivity index (χ0v) is 20.2. The quantitative estimate of drug-likeness (QED) is 0.478. The molecule has 1 saturated heterocycles. The molecule has 3 aromatic carbocycles. The lowest BCUT2D eigenvalue weighted by atomic mass is 10.2. The van der Waals surface area contributed by atoms with E-state index in [1.165, 1.54) is 53.1 Å². The molecule has 34 heavy (non-hydrogen) atoms. The van der Waals surface area contributed by atoms with Crippen LogP contribution in [0.5, 0.6) is 0 Å². The van der Waals surface area contributed by atoms with Gasteiger partial charge in [-0.3, -0.25) is 19.2 Å². The number of hydrogen-bond donors (Lipinski definition) is 2. The number of hydrazone groups is 1. The summed E-state index contributed by atoms with van der Waals surface area (Å²) in [7, 11) is -3.73. The Morgan fingerprint density at radius 1 is 1.06 bits per heavy atom. The average Bonchev–Trinajstić information content (AvgIpc) is 3.20. The molecule has 1 fully saturated rings. The number of rotatable bonds is 6. The number of hydrogen-bond acceptors (Lipinski definition) is 6. The highest BCUT2D eigenvalue weighted by Gasteiger charge is 2.31. The molecule has 0 aromatic heterocycles. The maximum Gasteiger partial charge on any atom is 0.271 e. The van der Waals surface area contributed by atoms with Crippen LogP contribution < -0.4 is 15.0 Å². The number of thioether (sulfide) groups is 1. The first-order chi connectivity index (χ1) is 16.2. The van der Waals surface area contributed by atoms with E-state index in [1.807, 2.05) is 6.92 Å². The van der Waals surface area contributed by atoms with E-state index in [-0.39, 0.29) is 22.1 Å². The molecule has 0 saturated carbocycles. The van der Waals surface area contributed by atoms with Gasteiger partial charge in [0, 0.05) is 16.3 Å². The summed E-state index contributed by atoms with van der Waals surface area (Å²) < 4.78 is 27.3. The Hall–Kier alpha value is -3.34. The van der Waals surface area contributed by atoms with Gasteiger partial charge in [-0.15, -0.1) is 5.10 Å². The first-order valence-corrected chi connectivity index (χ1v) is 12.9. The summed E-state index contributed by atoms with van der Waals surface area (Å²) in [5.74, 6) is -0.484. The van der Waals surface area contributed by atoms with Crippen LogP contribution in [-0.4, -0.2) is 31.2 Å². The predicted molar refractivity (Wildman–Crippen MR) is 135 cm³/mol. The molecule has 8 nitrogen and oxygen atoms in total. The van der Waals surface area contributed by atoms with Gasteiger partial charge in [-0.1, -0.05) is 47.6 Å². The Kier molecular flexibility index (Phi) is 6.92. The summed E-state index contributed by atoms with van der Waals surface area (Å²) in [6, 6.07) is 19.1. The molecule has 4 rings (SSSR count). The van der Waals surface area contributed by atoms with E-state index in [2.05, 4.69) is 15.2 Å². The van der Waals surface area contributed by atoms with Crippen molar-refractivity contribution in [3.63, 3.8) is 0 Å². The molecule has 0 aliphatic carbocycles. The number of nitrogens with zero attached hydrogens (tertiary/aromatic N) is 2. The molecule has 3 aromatic rings. The molecular formula is C23H19ClN4O4S2. The fourth-order valence-electron chi connectivity index (χ4n) is 3.17. The minimum absolute atomic E-state index is 0.135. The van der Waals surface area contributed by atoms with Gasteiger partial charge in [0.25, 0.3) is 15.9 Å².